The largest absolute Gasteiger partial charge is 0.376 e. The first-order valence-electron chi connectivity index (χ1n) is 9.38. The molecule has 3 atom stereocenters. The predicted molar refractivity (Wildman–Crippen MR) is 97.9 cm³/mol. The first-order chi connectivity index (χ1) is 13.2. The predicted octanol–water partition coefficient (Wildman–Crippen LogP) is 1.87. The lowest BCUT2D eigenvalue weighted by Gasteiger charge is -2.19. The highest BCUT2D eigenvalue weighted by atomic mass is 16.5. The molecular weight excluding hydrogens is 344 g/mol. The van der Waals surface area contributed by atoms with E-state index in [9.17, 15) is 4.79 Å². The highest BCUT2D eigenvalue weighted by Crippen LogP contribution is 2.35. The zero-order chi connectivity index (χ0) is 18.6. The number of carbonyl (C=O) groups is 1. The minimum absolute atomic E-state index is 0.0679. The van der Waals surface area contributed by atoms with Crippen LogP contribution in [0.25, 0.3) is 0 Å². The van der Waals surface area contributed by atoms with Gasteiger partial charge in [-0.25, -0.2) is 4.98 Å². The van der Waals surface area contributed by atoms with Crippen molar-refractivity contribution >= 4 is 5.91 Å². The van der Waals surface area contributed by atoms with Gasteiger partial charge in [0.25, 0.3) is 5.91 Å². The average Bonchev–Trinajstić information content (AvgIpc) is 3.27. The minimum atomic E-state index is -0.0679. The van der Waals surface area contributed by atoms with Gasteiger partial charge < -0.3 is 14.4 Å². The van der Waals surface area contributed by atoms with Crippen molar-refractivity contribution in [2.24, 2.45) is 11.8 Å². The molecule has 0 radical (unpaired) electrons. The lowest BCUT2D eigenvalue weighted by molar-refractivity contribution is 0.0642. The van der Waals surface area contributed by atoms with Crippen LogP contribution < -0.4 is 0 Å². The fourth-order valence-electron chi connectivity index (χ4n) is 3.93. The molecule has 4 rings (SSSR count). The lowest BCUT2D eigenvalue weighted by atomic mass is 9.91. The van der Waals surface area contributed by atoms with E-state index in [0.29, 0.717) is 43.8 Å². The van der Waals surface area contributed by atoms with Crippen LogP contribution in [0.1, 0.15) is 28.3 Å². The van der Waals surface area contributed by atoms with Gasteiger partial charge in [-0.3, -0.25) is 14.8 Å². The van der Waals surface area contributed by atoms with Crippen molar-refractivity contribution in [3.05, 3.63) is 53.9 Å². The molecule has 2 saturated heterocycles. The van der Waals surface area contributed by atoms with Gasteiger partial charge in [0.1, 0.15) is 5.69 Å². The van der Waals surface area contributed by atoms with Gasteiger partial charge in [0, 0.05) is 43.7 Å². The van der Waals surface area contributed by atoms with Crippen molar-refractivity contribution in [1.29, 1.82) is 0 Å². The number of carbonyl (C=O) groups excluding carboxylic acids is 1. The van der Waals surface area contributed by atoms with Gasteiger partial charge in [-0.1, -0.05) is 6.07 Å². The molecule has 2 aromatic rings. The Labute approximate surface area is 158 Å². The number of nitrogens with zero attached hydrogens (tertiary/aromatic N) is 4. The maximum atomic E-state index is 12.6. The Hall–Kier alpha value is -2.38. The zero-order valence-corrected chi connectivity index (χ0v) is 15.5. The fourth-order valence-corrected chi connectivity index (χ4v) is 3.93. The molecule has 0 spiro atoms. The summed E-state index contributed by atoms with van der Waals surface area (Å²) >= 11 is 0. The van der Waals surface area contributed by atoms with Gasteiger partial charge in [-0.15, -0.1) is 0 Å². The maximum absolute atomic E-state index is 12.6. The number of likely N-dealkylation sites (tertiary alicyclic amines) is 1. The Morgan fingerprint density at radius 1 is 1.33 bits per heavy atom. The quantitative estimate of drug-likeness (QED) is 0.725. The summed E-state index contributed by atoms with van der Waals surface area (Å²) in [5.74, 6) is 0.716. The van der Waals surface area contributed by atoms with E-state index >= 15 is 0 Å². The number of aromatic nitrogens is 3. The van der Waals surface area contributed by atoms with Gasteiger partial charge in [-0.05, 0) is 31.4 Å². The van der Waals surface area contributed by atoms with Gasteiger partial charge in [0.15, 0.2) is 0 Å². The van der Waals surface area contributed by atoms with Gasteiger partial charge >= 0.3 is 0 Å². The van der Waals surface area contributed by atoms with E-state index in [4.69, 9.17) is 9.47 Å². The Balaban J connectivity index is 1.26. The number of aryl methyl sites for hydroxylation is 1. The van der Waals surface area contributed by atoms with Crippen LogP contribution in [0, 0.1) is 18.8 Å². The van der Waals surface area contributed by atoms with E-state index in [2.05, 4.69) is 15.0 Å². The standard InChI is InChI=1S/C20H24N4O3/c1-14-3-2-4-16(23-14)13-26-8-5-15-12-27-19-11-24(10-17(15)19)20(25)18-9-21-6-7-22-18/h2-4,6-7,9,15,17,19H,5,8,10-13H2,1H3/t15-,17-,19-/m0/s1. The highest BCUT2D eigenvalue weighted by molar-refractivity contribution is 5.92. The number of fused-ring (bicyclic) bond motifs is 1. The van der Waals surface area contributed by atoms with Crippen LogP contribution in [-0.2, 0) is 16.1 Å². The molecule has 2 aliphatic rings. The summed E-state index contributed by atoms with van der Waals surface area (Å²) in [5.41, 5.74) is 2.35. The van der Waals surface area contributed by atoms with Crippen molar-refractivity contribution in [3.63, 3.8) is 0 Å². The number of rotatable bonds is 6. The van der Waals surface area contributed by atoms with Crippen molar-refractivity contribution in [2.75, 3.05) is 26.3 Å². The maximum Gasteiger partial charge on any atom is 0.274 e. The molecule has 0 unspecified atom stereocenters. The molecule has 7 nitrogen and oxygen atoms in total. The number of amides is 1. The first-order valence-corrected chi connectivity index (χ1v) is 9.38. The summed E-state index contributed by atoms with van der Waals surface area (Å²) in [6, 6.07) is 5.96. The van der Waals surface area contributed by atoms with E-state index in [1.165, 1.54) is 6.20 Å². The van der Waals surface area contributed by atoms with E-state index in [1.54, 1.807) is 12.4 Å². The van der Waals surface area contributed by atoms with Gasteiger partial charge in [-0.2, -0.15) is 0 Å². The summed E-state index contributed by atoms with van der Waals surface area (Å²) in [6.07, 6.45) is 5.68. The molecular formula is C20H24N4O3. The molecule has 2 aliphatic heterocycles. The van der Waals surface area contributed by atoms with E-state index < -0.39 is 0 Å². The van der Waals surface area contributed by atoms with Crippen LogP contribution in [0.2, 0.25) is 0 Å². The van der Waals surface area contributed by atoms with Crippen LogP contribution in [0.5, 0.6) is 0 Å². The molecule has 4 heterocycles. The van der Waals surface area contributed by atoms with Gasteiger partial charge in [0.05, 0.1) is 31.2 Å². The van der Waals surface area contributed by atoms with E-state index in [0.717, 1.165) is 24.4 Å². The molecule has 1 amide bonds. The topological polar surface area (TPSA) is 77.4 Å². The van der Waals surface area contributed by atoms with Crippen molar-refractivity contribution in [3.8, 4) is 0 Å². The van der Waals surface area contributed by atoms with Crippen LogP contribution in [0.3, 0.4) is 0 Å². The minimum Gasteiger partial charge on any atom is -0.376 e. The normalized spacial score (nSPS) is 24.2. The second-order valence-electron chi connectivity index (χ2n) is 7.21. The van der Waals surface area contributed by atoms with Crippen molar-refractivity contribution in [1.82, 2.24) is 19.9 Å². The third kappa shape index (κ3) is 4.14. The second kappa shape index (κ2) is 8.10. The number of hydrogen-bond donors (Lipinski definition) is 0. The van der Waals surface area contributed by atoms with Crippen LogP contribution in [0.4, 0.5) is 0 Å². The molecule has 0 aliphatic carbocycles. The summed E-state index contributed by atoms with van der Waals surface area (Å²) in [7, 11) is 0. The van der Waals surface area contributed by atoms with Crippen molar-refractivity contribution in [2.45, 2.75) is 26.1 Å². The van der Waals surface area contributed by atoms with Crippen molar-refractivity contribution < 1.29 is 14.3 Å². The van der Waals surface area contributed by atoms with E-state index in [1.807, 2.05) is 30.0 Å². The summed E-state index contributed by atoms with van der Waals surface area (Å²) in [4.78, 5) is 26.9. The Kier molecular flexibility index (Phi) is 5.40. The average molecular weight is 368 g/mol. The number of pyridine rings is 1. The molecule has 0 bridgehead atoms. The van der Waals surface area contributed by atoms with Crippen LogP contribution in [-0.4, -0.2) is 58.2 Å². The smallest absolute Gasteiger partial charge is 0.274 e. The molecule has 0 aromatic carbocycles. The molecule has 0 N–H and O–H groups in total. The van der Waals surface area contributed by atoms with E-state index in [-0.39, 0.29) is 12.0 Å². The number of hydrogen-bond acceptors (Lipinski definition) is 6. The molecule has 0 saturated carbocycles. The Morgan fingerprint density at radius 3 is 3.07 bits per heavy atom. The van der Waals surface area contributed by atoms with Gasteiger partial charge in [0.2, 0.25) is 0 Å². The van der Waals surface area contributed by atoms with Crippen LogP contribution in [0.15, 0.2) is 36.8 Å². The zero-order valence-electron chi connectivity index (χ0n) is 15.5. The Morgan fingerprint density at radius 2 is 2.26 bits per heavy atom. The Bertz CT molecular complexity index is 786. The monoisotopic (exact) mass is 368 g/mol. The third-order valence-corrected chi connectivity index (χ3v) is 5.34. The molecule has 7 heteroatoms. The molecule has 2 aromatic heterocycles. The highest BCUT2D eigenvalue weighted by Gasteiger charge is 2.45. The van der Waals surface area contributed by atoms with Crippen LogP contribution >= 0.6 is 0 Å². The molecule has 27 heavy (non-hydrogen) atoms. The molecule has 142 valence electrons. The molecule has 2 fully saturated rings. The number of ether oxygens (including phenoxy) is 2. The SMILES string of the molecule is Cc1cccc(COCC[C@H]2CO[C@H]3CN(C(=O)c4cnccn4)C[C@@H]23)n1. The summed E-state index contributed by atoms with van der Waals surface area (Å²) < 4.78 is 11.8. The summed E-state index contributed by atoms with van der Waals surface area (Å²) in [5, 5.41) is 0. The first kappa shape index (κ1) is 18.0. The second-order valence-corrected chi connectivity index (χ2v) is 7.21. The lowest BCUT2D eigenvalue weighted by Crippen LogP contribution is -2.32. The third-order valence-electron chi connectivity index (χ3n) is 5.34. The fraction of sp³-hybridized carbons (Fsp3) is 0.500. The summed E-state index contributed by atoms with van der Waals surface area (Å²) in [6.45, 7) is 5.27.